The van der Waals surface area contributed by atoms with Gasteiger partial charge in [-0.25, -0.2) is 10.2 Å². The third-order valence-corrected chi connectivity index (χ3v) is 5.46. The van der Waals surface area contributed by atoms with Crippen LogP contribution in [0.4, 0.5) is 0 Å². The minimum Gasteiger partial charge on any atom is -0.481 e. The van der Waals surface area contributed by atoms with Crippen LogP contribution in [0.3, 0.4) is 0 Å². The van der Waals surface area contributed by atoms with Crippen LogP contribution < -0.4 is 4.74 Å². The highest BCUT2D eigenvalue weighted by molar-refractivity contribution is 7.08. The van der Waals surface area contributed by atoms with E-state index in [0.717, 1.165) is 47.9 Å². The summed E-state index contributed by atoms with van der Waals surface area (Å²) in [6, 6.07) is 4.05. The predicted molar refractivity (Wildman–Crippen MR) is 95.8 cm³/mol. The van der Waals surface area contributed by atoms with Gasteiger partial charge >= 0.3 is 0 Å². The maximum Gasteiger partial charge on any atom is 0.268 e. The van der Waals surface area contributed by atoms with Crippen LogP contribution in [0.15, 0.2) is 29.1 Å². The van der Waals surface area contributed by atoms with E-state index in [0.29, 0.717) is 11.8 Å². The fraction of sp³-hybridized carbons (Fsp3) is 0.353. The van der Waals surface area contributed by atoms with Crippen molar-refractivity contribution in [1.82, 2.24) is 14.6 Å². The summed E-state index contributed by atoms with van der Waals surface area (Å²) in [5.41, 5.74) is 3.97. The smallest absolute Gasteiger partial charge is 0.268 e. The van der Waals surface area contributed by atoms with Gasteiger partial charge < -0.3 is 4.74 Å². The molecule has 0 spiro atoms. The lowest BCUT2D eigenvalue weighted by atomic mass is 9.41. The molecule has 1 saturated heterocycles. The Hall–Kier alpha value is -2.33. The molecule has 0 N–H and O–H groups in total. The Kier molecular flexibility index (Phi) is 3.99. The largest absolute Gasteiger partial charge is 0.481 e. The molecule has 1 unspecified atom stereocenters. The van der Waals surface area contributed by atoms with Crippen molar-refractivity contribution in [2.24, 2.45) is 0 Å². The van der Waals surface area contributed by atoms with Gasteiger partial charge in [0.05, 0.1) is 19.0 Å². The number of nitrogens with zero attached hydrogens (tertiary/aromatic N) is 4. The number of nitriles is 1. The fourth-order valence-corrected chi connectivity index (χ4v) is 4.16. The van der Waals surface area contributed by atoms with Crippen LogP contribution in [-0.2, 0) is 0 Å². The van der Waals surface area contributed by atoms with Gasteiger partial charge in [0.25, 0.3) is 6.71 Å². The van der Waals surface area contributed by atoms with Crippen molar-refractivity contribution < 1.29 is 4.74 Å². The number of hydrogen-bond acceptors (Lipinski definition) is 5. The first-order valence-electron chi connectivity index (χ1n) is 8.15. The second-order valence-corrected chi connectivity index (χ2v) is 7.00. The molecule has 3 aromatic rings. The van der Waals surface area contributed by atoms with E-state index in [4.69, 9.17) is 9.72 Å². The van der Waals surface area contributed by atoms with Crippen LogP contribution in [0.25, 0.3) is 16.8 Å². The number of thiophene rings is 1. The first-order chi connectivity index (χ1) is 11.8. The lowest BCUT2D eigenvalue weighted by Crippen LogP contribution is -2.21. The minimum atomic E-state index is 0.133. The molecule has 5 nitrogen and oxygen atoms in total. The Morgan fingerprint density at radius 1 is 1.50 bits per heavy atom. The molecule has 1 aliphatic heterocycles. The Labute approximate surface area is 145 Å². The molecule has 0 aliphatic carbocycles. The summed E-state index contributed by atoms with van der Waals surface area (Å²) in [6.07, 6.45) is 5.88. The Balaban J connectivity index is 1.82. The zero-order chi connectivity index (χ0) is 16.5. The van der Waals surface area contributed by atoms with Crippen LogP contribution in [0.5, 0.6) is 5.88 Å². The summed E-state index contributed by atoms with van der Waals surface area (Å²) in [5, 5.41) is 17.9. The monoisotopic (exact) mass is 336 g/mol. The number of fused-ring (bicyclic) bond motifs is 1. The topological polar surface area (TPSA) is 63.2 Å². The van der Waals surface area contributed by atoms with Crippen LogP contribution >= 0.6 is 11.3 Å². The summed E-state index contributed by atoms with van der Waals surface area (Å²) < 4.78 is 7.29. The Morgan fingerprint density at radius 2 is 2.42 bits per heavy atom. The van der Waals surface area contributed by atoms with Gasteiger partial charge in [-0.3, -0.25) is 0 Å². The second kappa shape index (κ2) is 6.29. The highest BCUT2D eigenvalue weighted by atomic mass is 32.1. The van der Waals surface area contributed by atoms with Crippen molar-refractivity contribution >= 4 is 23.7 Å². The van der Waals surface area contributed by atoms with Gasteiger partial charge in [-0.1, -0.05) is 19.1 Å². The van der Waals surface area contributed by atoms with Gasteiger partial charge in [-0.2, -0.15) is 21.0 Å². The third-order valence-electron chi connectivity index (χ3n) is 4.78. The van der Waals surface area contributed by atoms with Crippen LogP contribution in [0, 0.1) is 11.2 Å². The van der Waals surface area contributed by atoms with E-state index in [1.165, 1.54) is 0 Å². The quantitative estimate of drug-likeness (QED) is 0.681. The SMILES string of the molecule is COc1cc(C2CCCB(C#N)C2)nc2c(-c3ccsc3)cnn12. The van der Waals surface area contributed by atoms with Gasteiger partial charge in [0.1, 0.15) is 0 Å². The fourth-order valence-electron chi connectivity index (χ4n) is 3.50. The van der Waals surface area contributed by atoms with E-state index in [9.17, 15) is 5.26 Å². The molecule has 120 valence electrons. The van der Waals surface area contributed by atoms with Gasteiger partial charge in [0.2, 0.25) is 5.88 Å². The van der Waals surface area contributed by atoms with Crippen molar-refractivity contribution in [2.45, 2.75) is 31.4 Å². The van der Waals surface area contributed by atoms with Crippen molar-refractivity contribution in [3.63, 3.8) is 0 Å². The number of rotatable bonds is 3. The van der Waals surface area contributed by atoms with E-state index in [1.807, 2.05) is 12.3 Å². The summed E-state index contributed by atoms with van der Waals surface area (Å²) in [6.45, 7) is 0.133. The average molecular weight is 336 g/mol. The van der Waals surface area contributed by atoms with E-state index >= 15 is 0 Å². The minimum absolute atomic E-state index is 0.133. The molecule has 1 aliphatic rings. The molecule has 0 radical (unpaired) electrons. The van der Waals surface area contributed by atoms with E-state index < -0.39 is 0 Å². The Morgan fingerprint density at radius 3 is 3.17 bits per heavy atom. The van der Waals surface area contributed by atoms with Gasteiger partial charge in [0, 0.05) is 17.6 Å². The molecule has 0 bridgehead atoms. The number of methoxy groups -OCH3 is 1. The van der Waals surface area contributed by atoms with Crippen LogP contribution in [0.1, 0.15) is 24.5 Å². The first-order valence-corrected chi connectivity index (χ1v) is 9.09. The predicted octanol–water partition coefficient (Wildman–Crippen LogP) is 3.90. The van der Waals surface area contributed by atoms with E-state index in [2.05, 4.69) is 27.9 Å². The lowest BCUT2D eigenvalue weighted by molar-refractivity contribution is 0.383. The molecule has 0 saturated carbocycles. The molecule has 0 amide bonds. The molecule has 1 atom stereocenters. The molecule has 3 aromatic heterocycles. The zero-order valence-electron chi connectivity index (χ0n) is 13.5. The van der Waals surface area contributed by atoms with Crippen molar-refractivity contribution in [3.05, 3.63) is 34.8 Å². The second-order valence-electron chi connectivity index (χ2n) is 6.22. The van der Waals surface area contributed by atoms with Gasteiger partial charge in [-0.15, -0.1) is 0 Å². The summed E-state index contributed by atoms with van der Waals surface area (Å²) in [7, 11) is 1.66. The molecule has 24 heavy (non-hydrogen) atoms. The van der Waals surface area contributed by atoms with Gasteiger partial charge in [0.15, 0.2) is 5.65 Å². The van der Waals surface area contributed by atoms with Crippen molar-refractivity contribution in [2.75, 3.05) is 7.11 Å². The first kappa shape index (κ1) is 15.2. The van der Waals surface area contributed by atoms with Crippen molar-refractivity contribution in [1.29, 1.82) is 5.26 Å². The molecule has 7 heteroatoms. The maximum absolute atomic E-state index is 9.26. The zero-order valence-corrected chi connectivity index (χ0v) is 14.3. The highest BCUT2D eigenvalue weighted by Gasteiger charge is 2.28. The molecular formula is C17H17BN4OS. The Bertz CT molecular complexity index is 899. The number of aromatic nitrogens is 3. The maximum atomic E-state index is 9.26. The van der Waals surface area contributed by atoms with E-state index in [1.54, 1.807) is 23.0 Å². The summed E-state index contributed by atoms with van der Waals surface area (Å²) in [4.78, 5) is 4.91. The molecular weight excluding hydrogens is 319 g/mol. The average Bonchev–Trinajstić information content (AvgIpc) is 3.30. The van der Waals surface area contributed by atoms with Crippen LogP contribution in [-0.4, -0.2) is 28.4 Å². The molecule has 1 fully saturated rings. The number of hydrogen-bond donors (Lipinski definition) is 0. The molecule has 4 rings (SSSR count). The normalized spacial score (nSPS) is 17.8. The van der Waals surface area contributed by atoms with E-state index in [-0.39, 0.29) is 6.71 Å². The number of ether oxygens (including phenoxy) is 1. The van der Waals surface area contributed by atoms with Gasteiger partial charge in [-0.05, 0) is 34.7 Å². The molecule has 0 aromatic carbocycles. The molecule has 4 heterocycles. The van der Waals surface area contributed by atoms with Crippen molar-refractivity contribution in [3.8, 4) is 23.0 Å². The van der Waals surface area contributed by atoms with Crippen LogP contribution in [0.2, 0.25) is 12.6 Å². The summed E-state index contributed by atoms with van der Waals surface area (Å²) >= 11 is 1.66. The third kappa shape index (κ3) is 2.57. The highest BCUT2D eigenvalue weighted by Crippen LogP contribution is 2.35. The lowest BCUT2D eigenvalue weighted by Gasteiger charge is -2.23. The summed E-state index contributed by atoms with van der Waals surface area (Å²) in [5.74, 6) is 3.43. The standard InChI is InChI=1S/C17H17BN4OS/c1-23-16-7-15(12-3-2-5-18(8-12)11-19)21-17-14(9-20-22(16)17)13-4-6-24-10-13/h4,6-7,9-10,12H,2-3,5,8H2,1H3.